The summed E-state index contributed by atoms with van der Waals surface area (Å²) in [6, 6.07) is 9.82. The number of aliphatic carboxylic acids is 1. The van der Waals surface area contributed by atoms with Gasteiger partial charge in [-0.3, -0.25) is 14.3 Å². The Hall–Kier alpha value is -2.87. The van der Waals surface area contributed by atoms with E-state index in [1.807, 2.05) is 60.0 Å². The van der Waals surface area contributed by atoms with Crippen LogP contribution in [0.1, 0.15) is 62.8 Å². The number of aryl methyl sites for hydroxylation is 2. The van der Waals surface area contributed by atoms with Crippen LogP contribution in [0.5, 0.6) is 5.75 Å². The Morgan fingerprint density at radius 2 is 2.06 bits per heavy atom. The number of carbonyl (C=O) groups excluding carboxylic acids is 1. The number of hydrogen-bond donors (Lipinski definition) is 1. The molecule has 0 bridgehead atoms. The van der Waals surface area contributed by atoms with E-state index < -0.39 is 11.6 Å². The van der Waals surface area contributed by atoms with Gasteiger partial charge in [0.1, 0.15) is 11.4 Å². The summed E-state index contributed by atoms with van der Waals surface area (Å²) >= 11 is 0. The third-order valence-corrected chi connectivity index (χ3v) is 7.91. The van der Waals surface area contributed by atoms with Crippen LogP contribution in [0.15, 0.2) is 36.5 Å². The Kier molecular flexibility index (Phi) is 5.88. The summed E-state index contributed by atoms with van der Waals surface area (Å²) in [7, 11) is 0. The normalized spacial score (nSPS) is 30.0. The molecule has 2 saturated heterocycles. The van der Waals surface area contributed by atoms with Crippen LogP contribution in [-0.4, -0.2) is 56.0 Å². The summed E-state index contributed by atoms with van der Waals surface area (Å²) in [5.74, 6) is 0.00870. The first-order valence-corrected chi connectivity index (χ1v) is 12.2. The summed E-state index contributed by atoms with van der Waals surface area (Å²) < 4.78 is 14.9. The number of rotatable bonds is 6. The lowest BCUT2D eigenvalue weighted by atomic mass is 9.68. The van der Waals surface area contributed by atoms with E-state index in [0.29, 0.717) is 26.0 Å². The van der Waals surface area contributed by atoms with Gasteiger partial charge in [0.25, 0.3) is 0 Å². The van der Waals surface area contributed by atoms with Gasteiger partial charge in [-0.25, -0.2) is 0 Å². The Balaban J connectivity index is 1.39. The highest BCUT2D eigenvalue weighted by Crippen LogP contribution is 2.55. The van der Waals surface area contributed by atoms with Crippen LogP contribution in [0.2, 0.25) is 0 Å². The molecule has 1 N–H and O–H groups in total. The van der Waals surface area contributed by atoms with Crippen LogP contribution in [0.25, 0.3) is 0 Å². The molecule has 2 fully saturated rings. The number of amides is 1. The zero-order chi connectivity index (χ0) is 23.9. The molecule has 34 heavy (non-hydrogen) atoms. The minimum atomic E-state index is -0.835. The first-order chi connectivity index (χ1) is 16.3. The van der Waals surface area contributed by atoms with E-state index in [1.165, 1.54) is 0 Å². The Labute approximate surface area is 199 Å². The number of aromatic nitrogens is 2. The minimum absolute atomic E-state index is 0.0286. The molecule has 8 nitrogen and oxygen atoms in total. The number of carbonyl (C=O) groups is 2. The molecule has 3 aliphatic heterocycles. The highest BCUT2D eigenvalue weighted by Gasteiger charge is 2.57. The highest BCUT2D eigenvalue weighted by atomic mass is 16.5. The lowest BCUT2D eigenvalue weighted by molar-refractivity contribution is -0.180. The van der Waals surface area contributed by atoms with Gasteiger partial charge in [0.15, 0.2) is 0 Å². The van der Waals surface area contributed by atoms with E-state index in [9.17, 15) is 14.7 Å². The maximum Gasteiger partial charge on any atom is 0.303 e. The largest absolute Gasteiger partial charge is 0.487 e. The molecule has 0 aliphatic carbocycles. The molecular weight excluding hydrogens is 434 g/mol. The quantitative estimate of drug-likeness (QED) is 0.696. The molecule has 1 spiro atoms. The van der Waals surface area contributed by atoms with Gasteiger partial charge in [0.2, 0.25) is 5.91 Å². The van der Waals surface area contributed by atoms with Gasteiger partial charge in [-0.2, -0.15) is 5.10 Å². The highest BCUT2D eigenvalue weighted by molar-refractivity contribution is 5.77. The second-order valence-electron chi connectivity index (χ2n) is 10.2. The third kappa shape index (κ3) is 4.08. The molecule has 5 rings (SSSR count). The number of ether oxygens (including phenoxy) is 2. The zero-order valence-electron chi connectivity index (χ0n) is 19.9. The Morgan fingerprint density at radius 1 is 1.24 bits per heavy atom. The van der Waals surface area contributed by atoms with Gasteiger partial charge >= 0.3 is 5.97 Å². The predicted molar refractivity (Wildman–Crippen MR) is 124 cm³/mol. The fraction of sp³-hybridized carbons (Fsp3) is 0.577. The average Bonchev–Trinajstić information content (AvgIpc) is 3.42. The number of fused-ring (bicyclic) bond motifs is 3. The standard InChI is InChI=1S/C26H33N3O5/c1-18-9-14-28(27-18)15-10-22(30)29-13-5-11-26(29)16-20-24(33-17-26)19-6-3-4-7-21(19)34-25(20,2)12-8-23(31)32/h3-4,6-7,9,14,20,24H,5,8,10-13,15-17H2,1-2H3,(H,31,32)/t20-,24+,25+,26+/m1/s1. The van der Waals surface area contributed by atoms with Crippen molar-refractivity contribution in [3.8, 4) is 5.75 Å². The van der Waals surface area contributed by atoms with Crippen molar-refractivity contribution in [1.82, 2.24) is 14.7 Å². The fourth-order valence-electron chi connectivity index (χ4n) is 6.13. The minimum Gasteiger partial charge on any atom is -0.487 e. The van der Waals surface area contributed by atoms with Crippen molar-refractivity contribution in [3.05, 3.63) is 47.8 Å². The number of hydrogen-bond acceptors (Lipinski definition) is 5. The summed E-state index contributed by atoms with van der Waals surface area (Å²) in [5.41, 5.74) is 0.891. The van der Waals surface area contributed by atoms with E-state index in [-0.39, 0.29) is 29.9 Å². The summed E-state index contributed by atoms with van der Waals surface area (Å²) in [6.45, 7) is 5.71. The van der Waals surface area contributed by atoms with Crippen molar-refractivity contribution in [3.63, 3.8) is 0 Å². The summed E-state index contributed by atoms with van der Waals surface area (Å²) in [6.07, 6.45) is 5.13. The molecule has 2 aromatic rings. The van der Waals surface area contributed by atoms with Crippen LogP contribution in [0.4, 0.5) is 0 Å². The van der Waals surface area contributed by atoms with Crippen molar-refractivity contribution in [2.75, 3.05) is 13.2 Å². The van der Waals surface area contributed by atoms with Gasteiger partial charge in [-0.15, -0.1) is 0 Å². The monoisotopic (exact) mass is 467 g/mol. The predicted octanol–water partition coefficient (Wildman–Crippen LogP) is 3.74. The number of carboxylic acid groups (broad SMARTS) is 1. The maximum atomic E-state index is 13.4. The van der Waals surface area contributed by atoms with Crippen molar-refractivity contribution in [1.29, 1.82) is 0 Å². The topological polar surface area (TPSA) is 93.9 Å². The van der Waals surface area contributed by atoms with Crippen LogP contribution in [0, 0.1) is 12.8 Å². The Morgan fingerprint density at radius 3 is 2.82 bits per heavy atom. The number of nitrogens with zero attached hydrogens (tertiary/aromatic N) is 3. The van der Waals surface area contributed by atoms with Gasteiger partial charge < -0.3 is 19.5 Å². The number of carboxylic acids is 1. The van der Waals surface area contributed by atoms with Crippen molar-refractivity contribution in [2.45, 2.75) is 76.2 Å². The molecule has 1 aromatic carbocycles. The van der Waals surface area contributed by atoms with Crippen LogP contribution >= 0.6 is 0 Å². The van der Waals surface area contributed by atoms with Gasteiger partial charge in [0, 0.05) is 43.6 Å². The van der Waals surface area contributed by atoms with E-state index in [4.69, 9.17) is 9.47 Å². The average molecular weight is 468 g/mol. The summed E-state index contributed by atoms with van der Waals surface area (Å²) in [4.78, 5) is 26.8. The third-order valence-electron chi connectivity index (χ3n) is 7.91. The smallest absolute Gasteiger partial charge is 0.303 e. The van der Waals surface area contributed by atoms with Crippen molar-refractivity contribution >= 4 is 11.9 Å². The summed E-state index contributed by atoms with van der Waals surface area (Å²) in [5, 5.41) is 13.8. The van der Waals surface area contributed by atoms with E-state index in [1.54, 1.807) is 0 Å². The molecule has 3 aliphatic rings. The lowest BCUT2D eigenvalue weighted by Crippen LogP contribution is -2.60. The molecule has 4 heterocycles. The second kappa shape index (κ2) is 8.73. The molecule has 0 saturated carbocycles. The second-order valence-corrected chi connectivity index (χ2v) is 10.2. The SMILES string of the molecule is Cc1ccn(CCC(=O)N2CCC[C@]23CO[C@H]2c4ccccc4O[C@@](C)(CCC(=O)O)[C@@H]2C3)n1. The number of benzene rings is 1. The van der Waals surface area contributed by atoms with Gasteiger partial charge in [-0.1, -0.05) is 18.2 Å². The number of para-hydroxylation sites is 1. The van der Waals surface area contributed by atoms with Crippen LogP contribution in [0.3, 0.4) is 0 Å². The molecule has 1 aromatic heterocycles. The van der Waals surface area contributed by atoms with Crippen molar-refractivity contribution < 1.29 is 24.2 Å². The van der Waals surface area contributed by atoms with Crippen LogP contribution < -0.4 is 4.74 Å². The first kappa shape index (κ1) is 22.9. The molecule has 0 radical (unpaired) electrons. The molecular formula is C26H33N3O5. The molecule has 8 heteroatoms. The fourth-order valence-corrected chi connectivity index (χ4v) is 6.13. The van der Waals surface area contributed by atoms with E-state index >= 15 is 0 Å². The van der Waals surface area contributed by atoms with E-state index in [0.717, 1.165) is 42.8 Å². The molecule has 182 valence electrons. The Bertz CT molecular complexity index is 1080. The maximum absolute atomic E-state index is 13.4. The van der Waals surface area contributed by atoms with Gasteiger partial charge in [-0.05, 0) is 51.7 Å². The van der Waals surface area contributed by atoms with Gasteiger partial charge in [0.05, 0.1) is 23.9 Å². The zero-order valence-corrected chi connectivity index (χ0v) is 19.9. The van der Waals surface area contributed by atoms with E-state index in [2.05, 4.69) is 5.10 Å². The molecule has 0 unspecified atom stereocenters. The molecule has 1 amide bonds. The number of likely N-dealkylation sites (tertiary alicyclic amines) is 1. The van der Waals surface area contributed by atoms with Crippen molar-refractivity contribution in [2.24, 2.45) is 5.92 Å². The first-order valence-electron chi connectivity index (χ1n) is 12.2. The lowest BCUT2D eigenvalue weighted by Gasteiger charge is -2.54. The molecule has 4 atom stereocenters. The van der Waals surface area contributed by atoms with Crippen LogP contribution in [-0.2, 0) is 20.9 Å².